The van der Waals surface area contributed by atoms with Gasteiger partial charge in [-0.1, -0.05) is 5.16 Å². The maximum absolute atomic E-state index is 11.9. The molecule has 0 atom stereocenters. The number of ether oxygens (including phenoxy) is 1. The molecule has 0 radical (unpaired) electrons. The van der Waals surface area contributed by atoms with Crippen molar-refractivity contribution in [1.82, 2.24) is 15.1 Å². The molecule has 2 aromatic heterocycles. The molecular formula is C13H16N4O3S. The third-order valence-electron chi connectivity index (χ3n) is 2.59. The third-order valence-corrected chi connectivity index (χ3v) is 3.51. The highest BCUT2D eigenvalue weighted by atomic mass is 32.2. The number of hydrogen-bond donors (Lipinski definition) is 1. The molecule has 0 unspecified atom stereocenters. The molecule has 0 aliphatic heterocycles. The van der Waals surface area contributed by atoms with Gasteiger partial charge in [0, 0.05) is 6.20 Å². The SMILES string of the molecule is COc1c(NC(=O)CSCc2nc(C)no2)ccnc1C. The zero-order valence-corrected chi connectivity index (χ0v) is 12.9. The molecule has 21 heavy (non-hydrogen) atoms. The van der Waals surface area contributed by atoms with Gasteiger partial charge in [-0.3, -0.25) is 9.78 Å². The molecule has 0 fully saturated rings. The Morgan fingerprint density at radius 2 is 2.29 bits per heavy atom. The van der Waals surface area contributed by atoms with Crippen molar-refractivity contribution in [2.75, 3.05) is 18.2 Å². The van der Waals surface area contributed by atoms with E-state index in [1.807, 2.05) is 6.92 Å². The van der Waals surface area contributed by atoms with Gasteiger partial charge in [0.05, 0.1) is 30.0 Å². The first-order valence-corrected chi connectivity index (χ1v) is 7.42. The summed E-state index contributed by atoms with van der Waals surface area (Å²) in [6, 6.07) is 1.70. The summed E-state index contributed by atoms with van der Waals surface area (Å²) in [5.41, 5.74) is 1.34. The van der Waals surface area contributed by atoms with E-state index >= 15 is 0 Å². The van der Waals surface area contributed by atoms with E-state index < -0.39 is 0 Å². The van der Waals surface area contributed by atoms with Gasteiger partial charge in [-0.2, -0.15) is 4.98 Å². The van der Waals surface area contributed by atoms with E-state index in [1.54, 1.807) is 26.3 Å². The molecule has 0 bridgehead atoms. The molecule has 7 nitrogen and oxygen atoms in total. The van der Waals surface area contributed by atoms with Crippen molar-refractivity contribution >= 4 is 23.4 Å². The third kappa shape index (κ3) is 4.19. The summed E-state index contributed by atoms with van der Waals surface area (Å²) in [6.45, 7) is 3.57. The molecule has 0 aromatic carbocycles. The van der Waals surface area contributed by atoms with Crippen LogP contribution in [0, 0.1) is 13.8 Å². The van der Waals surface area contributed by atoms with Crippen molar-refractivity contribution in [3.63, 3.8) is 0 Å². The van der Waals surface area contributed by atoms with E-state index in [9.17, 15) is 4.79 Å². The first kappa shape index (κ1) is 15.3. The predicted molar refractivity (Wildman–Crippen MR) is 79.4 cm³/mol. The lowest BCUT2D eigenvalue weighted by atomic mass is 10.3. The Kier molecular flexibility index (Phi) is 5.15. The maximum Gasteiger partial charge on any atom is 0.236 e. The Balaban J connectivity index is 1.86. The number of rotatable bonds is 6. The zero-order valence-electron chi connectivity index (χ0n) is 12.0. The molecule has 0 aliphatic carbocycles. The van der Waals surface area contributed by atoms with Crippen molar-refractivity contribution in [1.29, 1.82) is 0 Å². The molecule has 1 N–H and O–H groups in total. The van der Waals surface area contributed by atoms with Gasteiger partial charge in [-0.25, -0.2) is 0 Å². The number of nitrogens with zero attached hydrogens (tertiary/aromatic N) is 3. The highest BCUT2D eigenvalue weighted by molar-refractivity contribution is 7.99. The van der Waals surface area contributed by atoms with Gasteiger partial charge in [0.2, 0.25) is 11.8 Å². The zero-order chi connectivity index (χ0) is 15.2. The number of carbonyl (C=O) groups excluding carboxylic acids is 1. The lowest BCUT2D eigenvalue weighted by Gasteiger charge is -2.11. The van der Waals surface area contributed by atoms with Crippen LogP contribution in [0.15, 0.2) is 16.8 Å². The highest BCUT2D eigenvalue weighted by Crippen LogP contribution is 2.26. The molecule has 0 spiro atoms. The minimum atomic E-state index is -0.125. The summed E-state index contributed by atoms with van der Waals surface area (Å²) in [6.07, 6.45) is 1.63. The Labute approximate surface area is 126 Å². The van der Waals surface area contributed by atoms with Gasteiger partial charge in [-0.15, -0.1) is 11.8 Å². The van der Waals surface area contributed by atoms with Crippen molar-refractivity contribution in [2.45, 2.75) is 19.6 Å². The second-order valence-corrected chi connectivity index (χ2v) is 5.24. The van der Waals surface area contributed by atoms with Gasteiger partial charge in [0.15, 0.2) is 11.6 Å². The molecule has 0 saturated carbocycles. The average molecular weight is 308 g/mol. The van der Waals surface area contributed by atoms with E-state index in [-0.39, 0.29) is 11.7 Å². The van der Waals surface area contributed by atoms with E-state index in [1.165, 1.54) is 11.8 Å². The molecule has 0 aliphatic rings. The Bertz CT molecular complexity index is 630. The van der Waals surface area contributed by atoms with Crippen LogP contribution in [0.3, 0.4) is 0 Å². The number of carbonyl (C=O) groups is 1. The Hall–Kier alpha value is -2.09. The normalized spacial score (nSPS) is 10.4. The highest BCUT2D eigenvalue weighted by Gasteiger charge is 2.11. The number of aromatic nitrogens is 3. The average Bonchev–Trinajstić information content (AvgIpc) is 2.85. The molecule has 112 valence electrons. The summed E-state index contributed by atoms with van der Waals surface area (Å²) in [5.74, 6) is 2.34. The fraction of sp³-hybridized carbons (Fsp3) is 0.385. The molecule has 0 saturated heterocycles. The number of thioether (sulfide) groups is 1. The standard InChI is InChI=1S/C13H16N4O3S/c1-8-13(19-3)10(4-5-14-8)16-11(18)6-21-7-12-15-9(2)17-20-12/h4-5H,6-7H2,1-3H3,(H,14,16,18). The molecule has 2 heterocycles. The lowest BCUT2D eigenvalue weighted by Crippen LogP contribution is -2.15. The van der Waals surface area contributed by atoms with Gasteiger partial charge in [0.1, 0.15) is 0 Å². The van der Waals surface area contributed by atoms with Crippen LogP contribution in [0.1, 0.15) is 17.4 Å². The summed E-state index contributed by atoms with van der Waals surface area (Å²) in [5, 5.41) is 6.49. The molecule has 2 aromatic rings. The number of aryl methyl sites for hydroxylation is 2. The first-order valence-electron chi connectivity index (χ1n) is 6.26. The van der Waals surface area contributed by atoms with Crippen LogP contribution in [-0.4, -0.2) is 33.9 Å². The minimum Gasteiger partial charge on any atom is -0.493 e. The van der Waals surface area contributed by atoms with Crippen LogP contribution < -0.4 is 10.1 Å². The van der Waals surface area contributed by atoms with Gasteiger partial charge in [-0.05, 0) is 19.9 Å². The Morgan fingerprint density at radius 1 is 1.48 bits per heavy atom. The maximum atomic E-state index is 11.9. The quantitative estimate of drug-likeness (QED) is 0.872. The molecule has 8 heteroatoms. The van der Waals surface area contributed by atoms with E-state index in [4.69, 9.17) is 9.26 Å². The van der Waals surface area contributed by atoms with E-state index in [0.717, 1.165) is 5.69 Å². The Morgan fingerprint density at radius 3 is 2.95 bits per heavy atom. The number of nitrogens with one attached hydrogen (secondary N) is 1. The second kappa shape index (κ2) is 7.07. The lowest BCUT2D eigenvalue weighted by molar-refractivity contribution is -0.113. The van der Waals surface area contributed by atoms with Gasteiger partial charge in [0.25, 0.3) is 0 Å². The largest absolute Gasteiger partial charge is 0.493 e. The summed E-state index contributed by atoms with van der Waals surface area (Å²) < 4.78 is 10.2. The van der Waals surface area contributed by atoms with Crippen molar-refractivity contribution in [3.05, 3.63) is 29.7 Å². The van der Waals surface area contributed by atoms with Crippen LogP contribution in [0.2, 0.25) is 0 Å². The number of pyridine rings is 1. The first-order chi connectivity index (χ1) is 10.1. The molecule has 1 amide bonds. The predicted octanol–water partition coefficient (Wildman–Crippen LogP) is 1.96. The molecular weight excluding hydrogens is 292 g/mol. The summed E-state index contributed by atoms with van der Waals surface area (Å²) >= 11 is 1.40. The monoisotopic (exact) mass is 308 g/mol. The molecule has 2 rings (SSSR count). The topological polar surface area (TPSA) is 90.1 Å². The van der Waals surface area contributed by atoms with Crippen molar-refractivity contribution in [3.8, 4) is 5.75 Å². The fourth-order valence-electron chi connectivity index (χ4n) is 1.72. The number of hydrogen-bond acceptors (Lipinski definition) is 7. The van der Waals surface area contributed by atoms with Gasteiger partial charge >= 0.3 is 0 Å². The van der Waals surface area contributed by atoms with Crippen molar-refractivity contribution < 1.29 is 14.1 Å². The van der Waals surface area contributed by atoms with Gasteiger partial charge < -0.3 is 14.6 Å². The second-order valence-electron chi connectivity index (χ2n) is 4.25. The van der Waals surface area contributed by atoms with Crippen LogP contribution in [0.25, 0.3) is 0 Å². The van der Waals surface area contributed by atoms with Crippen LogP contribution >= 0.6 is 11.8 Å². The minimum absolute atomic E-state index is 0.125. The summed E-state index contributed by atoms with van der Waals surface area (Å²) in [7, 11) is 1.55. The van der Waals surface area contributed by atoms with E-state index in [0.29, 0.717) is 28.9 Å². The number of amides is 1. The number of methoxy groups -OCH3 is 1. The fourth-order valence-corrected chi connectivity index (χ4v) is 2.38. The van der Waals surface area contributed by atoms with E-state index in [2.05, 4.69) is 20.4 Å². The van der Waals surface area contributed by atoms with Crippen LogP contribution in [0.5, 0.6) is 5.75 Å². The van der Waals surface area contributed by atoms with Crippen LogP contribution in [0.4, 0.5) is 5.69 Å². The van der Waals surface area contributed by atoms with Crippen LogP contribution in [-0.2, 0) is 10.5 Å². The summed E-state index contributed by atoms with van der Waals surface area (Å²) in [4.78, 5) is 20.1. The number of anilines is 1. The van der Waals surface area contributed by atoms with Crippen molar-refractivity contribution in [2.24, 2.45) is 0 Å². The smallest absolute Gasteiger partial charge is 0.236 e.